The summed E-state index contributed by atoms with van der Waals surface area (Å²) in [6.45, 7) is 10.8. The Labute approximate surface area is 112 Å². The number of carbonyl (C=O) groups excluding carboxylic acids is 1. The van der Waals surface area contributed by atoms with Crippen LogP contribution in [0.4, 0.5) is 4.79 Å². The van der Waals surface area contributed by atoms with Crippen molar-refractivity contribution < 1.29 is 9.90 Å². The molecular formula is C14H30N2O2. The highest BCUT2D eigenvalue weighted by molar-refractivity contribution is 5.74. The standard InChI is InChI=1S/C14H30N2O2/c1-6-10(2)7-12(4)16-14(18)15-9-11(3)8-13(5)17/h10-13,17H,6-9H2,1-5H3,(H2,15,16,18). The lowest BCUT2D eigenvalue weighted by Gasteiger charge is -2.19. The topological polar surface area (TPSA) is 61.4 Å². The Morgan fingerprint density at radius 1 is 1.11 bits per heavy atom. The highest BCUT2D eigenvalue weighted by Gasteiger charge is 2.11. The minimum absolute atomic E-state index is 0.108. The molecule has 108 valence electrons. The third-order valence-corrected chi connectivity index (χ3v) is 3.18. The van der Waals surface area contributed by atoms with Gasteiger partial charge in [0.15, 0.2) is 0 Å². The van der Waals surface area contributed by atoms with Crippen molar-refractivity contribution in [2.45, 2.75) is 66.0 Å². The number of nitrogens with one attached hydrogen (secondary N) is 2. The second kappa shape index (κ2) is 9.20. The maximum atomic E-state index is 11.6. The first-order chi connectivity index (χ1) is 8.35. The molecule has 0 aromatic carbocycles. The predicted octanol–water partition coefficient (Wildman–Crippen LogP) is 2.52. The minimum Gasteiger partial charge on any atom is -0.393 e. The van der Waals surface area contributed by atoms with Gasteiger partial charge >= 0.3 is 6.03 Å². The number of carbonyl (C=O) groups is 1. The number of amides is 2. The van der Waals surface area contributed by atoms with Crippen molar-refractivity contribution in [2.24, 2.45) is 11.8 Å². The molecule has 2 amide bonds. The number of rotatable bonds is 8. The second-order valence-electron chi connectivity index (χ2n) is 5.69. The largest absolute Gasteiger partial charge is 0.393 e. The molecule has 0 saturated carbocycles. The Morgan fingerprint density at radius 2 is 1.72 bits per heavy atom. The third-order valence-electron chi connectivity index (χ3n) is 3.18. The van der Waals surface area contributed by atoms with E-state index in [1.54, 1.807) is 6.92 Å². The van der Waals surface area contributed by atoms with Gasteiger partial charge in [-0.25, -0.2) is 4.79 Å². The van der Waals surface area contributed by atoms with E-state index in [-0.39, 0.29) is 18.2 Å². The zero-order valence-electron chi connectivity index (χ0n) is 12.5. The van der Waals surface area contributed by atoms with E-state index in [2.05, 4.69) is 24.5 Å². The fraction of sp³-hybridized carbons (Fsp3) is 0.929. The molecule has 0 fully saturated rings. The average Bonchev–Trinajstić information content (AvgIpc) is 2.25. The van der Waals surface area contributed by atoms with Crippen LogP contribution in [0.3, 0.4) is 0 Å². The van der Waals surface area contributed by atoms with Crippen LogP contribution >= 0.6 is 0 Å². The first kappa shape index (κ1) is 17.2. The van der Waals surface area contributed by atoms with Crippen molar-refractivity contribution in [3.05, 3.63) is 0 Å². The summed E-state index contributed by atoms with van der Waals surface area (Å²) >= 11 is 0. The summed E-state index contributed by atoms with van der Waals surface area (Å²) in [5.74, 6) is 0.926. The molecular weight excluding hydrogens is 228 g/mol. The highest BCUT2D eigenvalue weighted by atomic mass is 16.3. The van der Waals surface area contributed by atoms with Crippen molar-refractivity contribution in [2.75, 3.05) is 6.54 Å². The van der Waals surface area contributed by atoms with Gasteiger partial charge in [-0.2, -0.15) is 0 Å². The minimum atomic E-state index is -0.311. The van der Waals surface area contributed by atoms with Crippen molar-refractivity contribution >= 4 is 6.03 Å². The van der Waals surface area contributed by atoms with Crippen LogP contribution in [0, 0.1) is 11.8 Å². The maximum absolute atomic E-state index is 11.6. The van der Waals surface area contributed by atoms with E-state index in [0.29, 0.717) is 24.8 Å². The van der Waals surface area contributed by atoms with E-state index in [1.165, 1.54) is 0 Å². The van der Waals surface area contributed by atoms with Crippen molar-refractivity contribution in [1.82, 2.24) is 10.6 Å². The van der Waals surface area contributed by atoms with E-state index in [0.717, 1.165) is 12.8 Å². The van der Waals surface area contributed by atoms with E-state index < -0.39 is 0 Å². The van der Waals surface area contributed by atoms with Gasteiger partial charge in [-0.1, -0.05) is 27.2 Å². The van der Waals surface area contributed by atoms with E-state index in [1.807, 2.05) is 13.8 Å². The predicted molar refractivity (Wildman–Crippen MR) is 75.5 cm³/mol. The van der Waals surface area contributed by atoms with Gasteiger partial charge in [-0.05, 0) is 38.5 Å². The van der Waals surface area contributed by atoms with Crippen LogP contribution in [-0.4, -0.2) is 29.8 Å². The lowest BCUT2D eigenvalue weighted by molar-refractivity contribution is 0.163. The summed E-state index contributed by atoms with van der Waals surface area (Å²) in [5.41, 5.74) is 0. The lowest BCUT2D eigenvalue weighted by atomic mass is 10.0. The second-order valence-corrected chi connectivity index (χ2v) is 5.69. The first-order valence-corrected chi connectivity index (χ1v) is 7.07. The summed E-state index contributed by atoms with van der Waals surface area (Å²) < 4.78 is 0. The van der Waals surface area contributed by atoms with Crippen LogP contribution in [-0.2, 0) is 0 Å². The molecule has 0 aliphatic rings. The van der Waals surface area contributed by atoms with Crippen LogP contribution in [0.25, 0.3) is 0 Å². The van der Waals surface area contributed by atoms with Gasteiger partial charge in [0.1, 0.15) is 0 Å². The van der Waals surface area contributed by atoms with Gasteiger partial charge in [-0.3, -0.25) is 0 Å². The van der Waals surface area contributed by atoms with Crippen LogP contribution in [0.5, 0.6) is 0 Å². The molecule has 0 spiro atoms. The fourth-order valence-corrected chi connectivity index (χ4v) is 2.04. The first-order valence-electron chi connectivity index (χ1n) is 7.07. The summed E-state index contributed by atoms with van der Waals surface area (Å²) in [4.78, 5) is 11.6. The van der Waals surface area contributed by atoms with Crippen LogP contribution in [0.15, 0.2) is 0 Å². The SMILES string of the molecule is CCC(C)CC(C)NC(=O)NCC(C)CC(C)O. The van der Waals surface area contributed by atoms with Gasteiger partial charge in [0.2, 0.25) is 0 Å². The van der Waals surface area contributed by atoms with Gasteiger partial charge in [-0.15, -0.1) is 0 Å². The Bertz CT molecular complexity index is 232. The summed E-state index contributed by atoms with van der Waals surface area (Å²) in [6.07, 6.45) is 2.55. The Balaban J connectivity index is 3.76. The molecule has 0 bridgehead atoms. The Hall–Kier alpha value is -0.770. The van der Waals surface area contributed by atoms with Gasteiger partial charge in [0.05, 0.1) is 6.10 Å². The average molecular weight is 258 g/mol. The van der Waals surface area contributed by atoms with E-state index >= 15 is 0 Å². The monoisotopic (exact) mass is 258 g/mol. The molecule has 4 nitrogen and oxygen atoms in total. The lowest BCUT2D eigenvalue weighted by Crippen LogP contribution is -2.43. The van der Waals surface area contributed by atoms with E-state index in [4.69, 9.17) is 0 Å². The smallest absolute Gasteiger partial charge is 0.315 e. The number of hydrogen-bond donors (Lipinski definition) is 3. The molecule has 4 heteroatoms. The number of hydrogen-bond acceptors (Lipinski definition) is 2. The molecule has 0 aromatic heterocycles. The van der Waals surface area contributed by atoms with Gasteiger partial charge < -0.3 is 15.7 Å². The highest BCUT2D eigenvalue weighted by Crippen LogP contribution is 2.09. The normalized spacial score (nSPS) is 17.7. The van der Waals surface area contributed by atoms with Crippen LogP contribution < -0.4 is 10.6 Å². The fourth-order valence-electron chi connectivity index (χ4n) is 2.04. The quantitative estimate of drug-likeness (QED) is 0.626. The number of aliphatic hydroxyl groups excluding tert-OH is 1. The molecule has 0 aliphatic carbocycles. The number of urea groups is 1. The molecule has 4 unspecified atom stereocenters. The maximum Gasteiger partial charge on any atom is 0.315 e. The summed E-state index contributed by atoms with van der Waals surface area (Å²) in [6, 6.07) is 0.0928. The Kier molecular flexibility index (Phi) is 8.81. The molecule has 0 heterocycles. The molecule has 0 saturated heterocycles. The molecule has 4 atom stereocenters. The molecule has 0 aromatic rings. The van der Waals surface area contributed by atoms with Crippen LogP contribution in [0.2, 0.25) is 0 Å². The molecule has 3 N–H and O–H groups in total. The summed E-state index contributed by atoms with van der Waals surface area (Å²) in [7, 11) is 0. The number of aliphatic hydroxyl groups is 1. The van der Waals surface area contributed by atoms with Gasteiger partial charge in [0, 0.05) is 12.6 Å². The Morgan fingerprint density at radius 3 is 2.22 bits per heavy atom. The third kappa shape index (κ3) is 9.28. The van der Waals surface area contributed by atoms with Crippen molar-refractivity contribution in [3.63, 3.8) is 0 Å². The van der Waals surface area contributed by atoms with Crippen LogP contribution in [0.1, 0.15) is 53.9 Å². The molecule has 0 aliphatic heterocycles. The zero-order chi connectivity index (χ0) is 14.1. The van der Waals surface area contributed by atoms with Gasteiger partial charge in [0.25, 0.3) is 0 Å². The molecule has 18 heavy (non-hydrogen) atoms. The van der Waals surface area contributed by atoms with Crippen molar-refractivity contribution in [1.29, 1.82) is 0 Å². The summed E-state index contributed by atoms with van der Waals surface area (Å²) in [5, 5.41) is 15.0. The molecule has 0 rings (SSSR count). The van der Waals surface area contributed by atoms with E-state index in [9.17, 15) is 9.90 Å². The zero-order valence-corrected chi connectivity index (χ0v) is 12.5. The van der Waals surface area contributed by atoms with Crippen molar-refractivity contribution in [3.8, 4) is 0 Å². The molecule has 0 radical (unpaired) electrons.